The molecule has 1 aromatic carbocycles. The highest BCUT2D eigenvalue weighted by atomic mass is 19.1. The number of hydrogen-bond donors (Lipinski definition) is 2. The van der Waals surface area contributed by atoms with E-state index in [1.54, 1.807) is 24.0 Å². The second-order valence-corrected chi connectivity index (χ2v) is 7.98. The van der Waals surface area contributed by atoms with E-state index in [0.717, 1.165) is 25.8 Å². The zero-order valence-corrected chi connectivity index (χ0v) is 15.2. The number of nitrogens with one attached hydrogen (secondary N) is 2. The lowest BCUT2D eigenvalue weighted by Gasteiger charge is -2.32. The number of carbonyl (C=O) groups is 2. The smallest absolute Gasteiger partial charge is 0.227 e. The molecule has 1 aromatic rings. The minimum atomic E-state index is -0.341. The van der Waals surface area contributed by atoms with Gasteiger partial charge in [-0.25, -0.2) is 4.39 Å². The third-order valence-corrected chi connectivity index (χ3v) is 6.34. The van der Waals surface area contributed by atoms with Gasteiger partial charge >= 0.3 is 0 Å². The first-order chi connectivity index (χ1) is 12.5. The minimum Gasteiger partial charge on any atom is -0.351 e. The van der Waals surface area contributed by atoms with Gasteiger partial charge in [-0.2, -0.15) is 0 Å². The van der Waals surface area contributed by atoms with E-state index >= 15 is 0 Å². The summed E-state index contributed by atoms with van der Waals surface area (Å²) in [6, 6.07) is 4.81. The Bertz CT molecular complexity index is 724. The van der Waals surface area contributed by atoms with Crippen LogP contribution in [0.15, 0.2) is 18.2 Å². The number of anilines is 1. The predicted octanol–water partition coefficient (Wildman–Crippen LogP) is 2.28. The van der Waals surface area contributed by atoms with Crippen LogP contribution in [-0.2, 0) is 9.59 Å². The van der Waals surface area contributed by atoms with Crippen LogP contribution in [0.4, 0.5) is 10.1 Å². The minimum absolute atomic E-state index is 0.0281. The lowest BCUT2D eigenvalue weighted by molar-refractivity contribution is -0.127. The summed E-state index contributed by atoms with van der Waals surface area (Å²) in [5.41, 5.74) is 1.23. The standard InChI is InChI=1S/C20H26FN3O2/c1-13-10-15(4-5-16(13)21)24-12-14(11-18(24)25)19(26)23-17-6-9-22-20(17)7-2-3-8-20/h4-5,10,14,17,22H,2-3,6-9,11-12H2,1H3,(H,23,26). The van der Waals surface area contributed by atoms with Crippen LogP contribution >= 0.6 is 0 Å². The van der Waals surface area contributed by atoms with Gasteiger partial charge in [-0.05, 0) is 56.5 Å². The van der Waals surface area contributed by atoms with Crippen LogP contribution in [0, 0.1) is 18.7 Å². The van der Waals surface area contributed by atoms with E-state index in [4.69, 9.17) is 0 Å². The molecule has 0 aromatic heterocycles. The second-order valence-electron chi connectivity index (χ2n) is 7.98. The van der Waals surface area contributed by atoms with Crippen molar-refractivity contribution >= 4 is 17.5 Å². The van der Waals surface area contributed by atoms with Crippen LogP contribution in [0.1, 0.15) is 44.1 Å². The molecule has 2 amide bonds. The number of amides is 2. The largest absolute Gasteiger partial charge is 0.351 e. The fourth-order valence-corrected chi connectivity index (χ4v) is 4.83. The van der Waals surface area contributed by atoms with Crippen molar-refractivity contribution in [3.8, 4) is 0 Å². The Morgan fingerprint density at radius 1 is 1.35 bits per heavy atom. The number of benzene rings is 1. The molecule has 2 saturated heterocycles. The lowest BCUT2D eigenvalue weighted by atomic mass is 9.89. The maximum Gasteiger partial charge on any atom is 0.227 e. The second kappa shape index (κ2) is 6.65. The molecule has 2 atom stereocenters. The summed E-state index contributed by atoms with van der Waals surface area (Å²) >= 11 is 0. The number of rotatable bonds is 3. The number of halogens is 1. The lowest BCUT2D eigenvalue weighted by Crippen LogP contribution is -2.54. The maximum absolute atomic E-state index is 13.5. The van der Waals surface area contributed by atoms with Gasteiger partial charge < -0.3 is 15.5 Å². The third kappa shape index (κ3) is 3.00. The van der Waals surface area contributed by atoms with Gasteiger partial charge in [0.1, 0.15) is 5.82 Å². The molecule has 2 N–H and O–H groups in total. The Morgan fingerprint density at radius 3 is 2.85 bits per heavy atom. The molecule has 3 aliphatic rings. The Hall–Kier alpha value is -1.95. The highest BCUT2D eigenvalue weighted by molar-refractivity contribution is 6.00. The number of carbonyl (C=O) groups excluding carboxylic acids is 2. The molecule has 2 heterocycles. The Morgan fingerprint density at radius 2 is 2.12 bits per heavy atom. The van der Waals surface area contributed by atoms with Gasteiger partial charge in [-0.15, -0.1) is 0 Å². The normalized spacial score (nSPS) is 27.5. The number of nitrogens with zero attached hydrogens (tertiary/aromatic N) is 1. The van der Waals surface area contributed by atoms with Crippen LogP contribution in [0.5, 0.6) is 0 Å². The number of aryl methyl sites for hydroxylation is 1. The zero-order valence-electron chi connectivity index (χ0n) is 15.2. The molecule has 0 radical (unpaired) electrons. The first-order valence-corrected chi connectivity index (χ1v) is 9.60. The van der Waals surface area contributed by atoms with Crippen LogP contribution in [-0.4, -0.2) is 36.5 Å². The molecule has 5 nitrogen and oxygen atoms in total. The fourth-order valence-electron chi connectivity index (χ4n) is 4.83. The molecule has 4 rings (SSSR count). The number of hydrogen-bond acceptors (Lipinski definition) is 3. The van der Waals surface area contributed by atoms with Gasteiger partial charge in [0.15, 0.2) is 0 Å². The van der Waals surface area contributed by atoms with E-state index in [0.29, 0.717) is 17.8 Å². The first kappa shape index (κ1) is 17.5. The molecule has 1 aliphatic carbocycles. The van der Waals surface area contributed by atoms with E-state index in [-0.39, 0.29) is 41.6 Å². The third-order valence-electron chi connectivity index (χ3n) is 6.34. The van der Waals surface area contributed by atoms with Gasteiger partial charge in [0, 0.05) is 30.2 Å². The van der Waals surface area contributed by atoms with Gasteiger partial charge in [-0.3, -0.25) is 9.59 Å². The molecule has 140 valence electrons. The van der Waals surface area contributed by atoms with Crippen molar-refractivity contribution in [1.82, 2.24) is 10.6 Å². The average molecular weight is 359 g/mol. The average Bonchev–Trinajstić information content (AvgIpc) is 3.33. The van der Waals surface area contributed by atoms with Crippen molar-refractivity contribution < 1.29 is 14.0 Å². The molecule has 3 fully saturated rings. The summed E-state index contributed by atoms with van der Waals surface area (Å²) in [6.45, 7) is 2.98. The summed E-state index contributed by atoms with van der Waals surface area (Å²) in [6.07, 6.45) is 5.81. The van der Waals surface area contributed by atoms with E-state index in [1.807, 2.05) is 0 Å². The van der Waals surface area contributed by atoms with Crippen molar-refractivity contribution in [2.24, 2.45) is 5.92 Å². The molecule has 2 aliphatic heterocycles. The van der Waals surface area contributed by atoms with Crippen molar-refractivity contribution in [1.29, 1.82) is 0 Å². The van der Waals surface area contributed by atoms with Crippen LogP contribution in [0.2, 0.25) is 0 Å². The van der Waals surface area contributed by atoms with Gasteiger partial charge in [0.05, 0.1) is 5.92 Å². The van der Waals surface area contributed by atoms with E-state index in [2.05, 4.69) is 10.6 Å². The molecule has 1 saturated carbocycles. The topological polar surface area (TPSA) is 61.4 Å². The zero-order chi connectivity index (χ0) is 18.3. The Balaban J connectivity index is 1.43. The van der Waals surface area contributed by atoms with Gasteiger partial charge in [-0.1, -0.05) is 12.8 Å². The van der Waals surface area contributed by atoms with Crippen molar-refractivity contribution in [2.45, 2.75) is 57.0 Å². The summed E-state index contributed by atoms with van der Waals surface area (Å²) in [5.74, 6) is -0.729. The SMILES string of the molecule is Cc1cc(N2CC(C(=O)NC3CCNC34CCCC4)CC2=O)ccc1F. The van der Waals surface area contributed by atoms with Gasteiger partial charge in [0.2, 0.25) is 11.8 Å². The molecular weight excluding hydrogens is 333 g/mol. The summed E-state index contributed by atoms with van der Waals surface area (Å²) in [5, 5.41) is 6.83. The van der Waals surface area contributed by atoms with Crippen molar-refractivity contribution in [3.05, 3.63) is 29.6 Å². The summed E-state index contributed by atoms with van der Waals surface area (Å²) in [4.78, 5) is 26.8. The van der Waals surface area contributed by atoms with Gasteiger partial charge in [0.25, 0.3) is 0 Å². The molecule has 26 heavy (non-hydrogen) atoms. The Labute approximate surface area is 153 Å². The fraction of sp³-hybridized carbons (Fsp3) is 0.600. The summed E-state index contributed by atoms with van der Waals surface area (Å²) in [7, 11) is 0. The highest BCUT2D eigenvalue weighted by Crippen LogP contribution is 2.37. The highest BCUT2D eigenvalue weighted by Gasteiger charge is 2.46. The Kier molecular flexibility index (Phi) is 4.47. The molecule has 6 heteroatoms. The quantitative estimate of drug-likeness (QED) is 0.870. The van der Waals surface area contributed by atoms with Crippen LogP contribution < -0.4 is 15.5 Å². The summed E-state index contributed by atoms with van der Waals surface area (Å²) < 4.78 is 13.5. The monoisotopic (exact) mass is 359 g/mol. The predicted molar refractivity (Wildman–Crippen MR) is 97.3 cm³/mol. The molecule has 0 bridgehead atoms. The van der Waals surface area contributed by atoms with Crippen molar-refractivity contribution in [3.63, 3.8) is 0 Å². The molecular formula is C20H26FN3O2. The molecule has 1 spiro atoms. The molecule has 2 unspecified atom stereocenters. The van der Waals surface area contributed by atoms with E-state index < -0.39 is 0 Å². The van der Waals surface area contributed by atoms with Crippen LogP contribution in [0.25, 0.3) is 0 Å². The van der Waals surface area contributed by atoms with Crippen LogP contribution in [0.3, 0.4) is 0 Å². The van der Waals surface area contributed by atoms with E-state index in [1.165, 1.54) is 18.9 Å². The first-order valence-electron chi connectivity index (χ1n) is 9.60. The van der Waals surface area contributed by atoms with Crippen molar-refractivity contribution in [2.75, 3.05) is 18.0 Å². The maximum atomic E-state index is 13.5. The van der Waals surface area contributed by atoms with E-state index in [9.17, 15) is 14.0 Å².